The van der Waals surface area contributed by atoms with Crippen LogP contribution >= 0.6 is 0 Å². The molecule has 0 bridgehead atoms. The highest BCUT2D eigenvalue weighted by molar-refractivity contribution is 5.93. The molecular formula is C14H16FNO3. The molecule has 0 unspecified atom stereocenters. The number of carboxylic acids is 1. The smallest absolute Gasteiger partial charge is 0.323 e. The van der Waals surface area contributed by atoms with Crippen LogP contribution in [0.3, 0.4) is 0 Å². The second-order valence-electron chi connectivity index (χ2n) is 4.04. The first-order valence-corrected chi connectivity index (χ1v) is 5.97. The molecule has 4 nitrogen and oxygen atoms in total. The third kappa shape index (κ3) is 5.33. The number of hydrogen-bond donors (Lipinski definition) is 1. The lowest BCUT2D eigenvalue weighted by atomic mass is 10.2. The Morgan fingerprint density at radius 3 is 2.47 bits per heavy atom. The summed E-state index contributed by atoms with van der Waals surface area (Å²) in [5, 5.41) is 8.72. The maximum Gasteiger partial charge on any atom is 0.323 e. The zero-order valence-corrected chi connectivity index (χ0v) is 10.7. The first-order chi connectivity index (χ1) is 9.02. The van der Waals surface area contributed by atoms with E-state index in [9.17, 15) is 14.0 Å². The molecule has 1 amide bonds. The standard InChI is InChI=1S/C14H16FNO3/c1-2-9-16(10-14(18)19)13(17)8-5-11-3-6-12(15)7-4-11/h3-8H,2,9-10H2,1H3,(H,18,19)/b8-5+. The summed E-state index contributed by atoms with van der Waals surface area (Å²) in [6, 6.07) is 5.68. The molecule has 1 aromatic carbocycles. The van der Waals surface area contributed by atoms with Gasteiger partial charge in [0, 0.05) is 12.6 Å². The second-order valence-corrected chi connectivity index (χ2v) is 4.04. The van der Waals surface area contributed by atoms with Crippen molar-refractivity contribution in [2.45, 2.75) is 13.3 Å². The fraction of sp³-hybridized carbons (Fsp3) is 0.286. The van der Waals surface area contributed by atoms with Crippen LogP contribution in [0.2, 0.25) is 0 Å². The van der Waals surface area contributed by atoms with Crippen LogP contribution in [0.5, 0.6) is 0 Å². The third-order valence-electron chi connectivity index (χ3n) is 2.42. The Balaban J connectivity index is 2.69. The molecule has 1 rings (SSSR count). The molecule has 0 saturated carbocycles. The number of carboxylic acid groups (broad SMARTS) is 1. The van der Waals surface area contributed by atoms with Gasteiger partial charge in [-0.2, -0.15) is 0 Å². The van der Waals surface area contributed by atoms with E-state index in [0.29, 0.717) is 18.5 Å². The molecule has 0 aliphatic heterocycles. The van der Waals surface area contributed by atoms with Gasteiger partial charge < -0.3 is 10.0 Å². The van der Waals surface area contributed by atoms with Crippen LogP contribution in [-0.2, 0) is 9.59 Å². The fourth-order valence-corrected chi connectivity index (χ4v) is 1.55. The van der Waals surface area contributed by atoms with Crippen LogP contribution in [0.15, 0.2) is 30.3 Å². The summed E-state index contributed by atoms with van der Waals surface area (Å²) >= 11 is 0. The zero-order chi connectivity index (χ0) is 14.3. The van der Waals surface area contributed by atoms with Crippen LogP contribution in [0.1, 0.15) is 18.9 Å². The molecule has 0 heterocycles. The molecule has 0 saturated heterocycles. The summed E-state index contributed by atoms with van der Waals surface area (Å²) in [6.07, 6.45) is 3.52. The van der Waals surface area contributed by atoms with Crippen LogP contribution in [-0.4, -0.2) is 35.0 Å². The summed E-state index contributed by atoms with van der Waals surface area (Å²) in [5.41, 5.74) is 0.682. The number of carbonyl (C=O) groups excluding carboxylic acids is 1. The molecular weight excluding hydrogens is 249 g/mol. The van der Waals surface area contributed by atoms with Crippen LogP contribution < -0.4 is 0 Å². The molecule has 0 aliphatic rings. The van der Waals surface area contributed by atoms with Crippen molar-refractivity contribution in [2.75, 3.05) is 13.1 Å². The number of amides is 1. The van der Waals surface area contributed by atoms with Crippen LogP contribution in [0, 0.1) is 5.82 Å². The molecule has 0 aromatic heterocycles. The predicted octanol–water partition coefficient (Wildman–Crippen LogP) is 2.16. The number of halogens is 1. The van der Waals surface area contributed by atoms with Crippen molar-refractivity contribution in [1.82, 2.24) is 4.90 Å². The van der Waals surface area contributed by atoms with E-state index in [1.165, 1.54) is 29.2 Å². The molecule has 1 aromatic rings. The Hall–Kier alpha value is -2.17. The van der Waals surface area contributed by atoms with Gasteiger partial charge in [-0.3, -0.25) is 9.59 Å². The average molecular weight is 265 g/mol. The van der Waals surface area contributed by atoms with Crippen LogP contribution in [0.4, 0.5) is 4.39 Å². The van der Waals surface area contributed by atoms with E-state index in [2.05, 4.69) is 0 Å². The number of carbonyl (C=O) groups is 2. The van der Waals surface area contributed by atoms with Crippen molar-refractivity contribution in [3.63, 3.8) is 0 Å². The van der Waals surface area contributed by atoms with Crippen molar-refractivity contribution in [1.29, 1.82) is 0 Å². The summed E-state index contributed by atoms with van der Waals surface area (Å²) in [5.74, 6) is -1.76. The number of benzene rings is 1. The van der Waals surface area contributed by atoms with Gasteiger partial charge in [0.25, 0.3) is 0 Å². The van der Waals surface area contributed by atoms with Crippen molar-refractivity contribution in [3.05, 3.63) is 41.7 Å². The predicted molar refractivity (Wildman–Crippen MR) is 69.9 cm³/mol. The summed E-state index contributed by atoms with van der Waals surface area (Å²) in [4.78, 5) is 23.7. The molecule has 1 N–H and O–H groups in total. The van der Waals surface area contributed by atoms with Gasteiger partial charge >= 0.3 is 5.97 Å². The molecule has 0 aliphatic carbocycles. The molecule has 102 valence electrons. The fourth-order valence-electron chi connectivity index (χ4n) is 1.55. The lowest BCUT2D eigenvalue weighted by Gasteiger charge is -2.17. The first kappa shape index (κ1) is 14.9. The Labute approximate surface area is 111 Å². The van der Waals surface area contributed by atoms with Crippen molar-refractivity contribution >= 4 is 18.0 Å². The number of nitrogens with zero attached hydrogens (tertiary/aromatic N) is 1. The molecule has 0 atom stereocenters. The molecule has 19 heavy (non-hydrogen) atoms. The number of hydrogen-bond acceptors (Lipinski definition) is 2. The molecule has 0 spiro atoms. The highest BCUT2D eigenvalue weighted by Gasteiger charge is 2.12. The monoisotopic (exact) mass is 265 g/mol. The van der Waals surface area contributed by atoms with E-state index in [1.807, 2.05) is 6.92 Å². The largest absolute Gasteiger partial charge is 0.480 e. The second kappa shape index (κ2) is 7.31. The van der Waals surface area contributed by atoms with Gasteiger partial charge in [0.05, 0.1) is 0 Å². The Morgan fingerprint density at radius 2 is 1.95 bits per heavy atom. The molecule has 0 fully saturated rings. The molecule has 0 radical (unpaired) electrons. The number of rotatable bonds is 6. The highest BCUT2D eigenvalue weighted by atomic mass is 19.1. The average Bonchev–Trinajstić information content (AvgIpc) is 2.37. The normalized spacial score (nSPS) is 10.6. The minimum absolute atomic E-state index is 0.319. The minimum Gasteiger partial charge on any atom is -0.480 e. The number of aliphatic carboxylic acids is 1. The van der Waals surface area contributed by atoms with Crippen molar-refractivity contribution in [3.8, 4) is 0 Å². The molecule has 5 heteroatoms. The Morgan fingerprint density at radius 1 is 1.32 bits per heavy atom. The maximum absolute atomic E-state index is 12.7. The van der Waals surface area contributed by atoms with Crippen molar-refractivity contribution in [2.24, 2.45) is 0 Å². The Bertz CT molecular complexity index is 468. The van der Waals surface area contributed by atoms with E-state index in [0.717, 1.165) is 0 Å². The van der Waals surface area contributed by atoms with Gasteiger partial charge in [0.1, 0.15) is 12.4 Å². The SMILES string of the molecule is CCCN(CC(=O)O)C(=O)/C=C/c1ccc(F)cc1. The summed E-state index contributed by atoms with van der Waals surface area (Å²) in [7, 11) is 0. The summed E-state index contributed by atoms with van der Waals surface area (Å²) < 4.78 is 12.7. The highest BCUT2D eigenvalue weighted by Crippen LogP contribution is 2.05. The van der Waals surface area contributed by atoms with E-state index in [-0.39, 0.29) is 18.3 Å². The van der Waals surface area contributed by atoms with Gasteiger partial charge in [-0.25, -0.2) is 4.39 Å². The summed E-state index contributed by atoms with van der Waals surface area (Å²) in [6.45, 7) is 1.94. The van der Waals surface area contributed by atoms with E-state index in [1.54, 1.807) is 12.1 Å². The van der Waals surface area contributed by atoms with Gasteiger partial charge in [-0.15, -0.1) is 0 Å². The lowest BCUT2D eigenvalue weighted by Crippen LogP contribution is -2.35. The zero-order valence-electron chi connectivity index (χ0n) is 10.7. The maximum atomic E-state index is 12.7. The van der Waals surface area contributed by atoms with Crippen LogP contribution in [0.25, 0.3) is 6.08 Å². The van der Waals surface area contributed by atoms with E-state index < -0.39 is 5.97 Å². The lowest BCUT2D eigenvalue weighted by molar-refractivity contribution is -0.142. The van der Waals surface area contributed by atoms with E-state index >= 15 is 0 Å². The van der Waals surface area contributed by atoms with Gasteiger partial charge in [-0.1, -0.05) is 19.1 Å². The minimum atomic E-state index is -1.04. The van der Waals surface area contributed by atoms with Gasteiger partial charge in [-0.05, 0) is 30.2 Å². The topological polar surface area (TPSA) is 57.6 Å². The first-order valence-electron chi connectivity index (χ1n) is 5.97. The van der Waals surface area contributed by atoms with Gasteiger partial charge in [0.2, 0.25) is 5.91 Å². The van der Waals surface area contributed by atoms with E-state index in [4.69, 9.17) is 5.11 Å². The van der Waals surface area contributed by atoms with Crippen molar-refractivity contribution < 1.29 is 19.1 Å². The third-order valence-corrected chi connectivity index (χ3v) is 2.42. The Kier molecular flexibility index (Phi) is 5.73. The quantitative estimate of drug-likeness (QED) is 0.802. The van der Waals surface area contributed by atoms with Gasteiger partial charge in [0.15, 0.2) is 0 Å².